The smallest absolute Gasteiger partial charge is 0.126 e. The maximum atomic E-state index is 6.37. The minimum atomic E-state index is -1.09. The van der Waals surface area contributed by atoms with Gasteiger partial charge in [-0.05, 0) is 78.6 Å². The number of ether oxygens (including phenoxy) is 2. The Morgan fingerprint density at radius 1 is 1.03 bits per heavy atom. The maximum absolute atomic E-state index is 6.37. The Kier molecular flexibility index (Phi) is 8.65. The SMILES string of the molecule is C/C=C/COc1cc(C)c(OCS(C)(CC)c2ccc(C=NOC)cc2)c(C)c1. The van der Waals surface area contributed by atoms with Gasteiger partial charge in [-0.3, -0.25) is 0 Å². The van der Waals surface area contributed by atoms with Crippen LogP contribution in [0.15, 0.2) is 58.6 Å². The van der Waals surface area contributed by atoms with Crippen LogP contribution in [-0.4, -0.2) is 37.9 Å². The van der Waals surface area contributed by atoms with Crippen LogP contribution in [0.1, 0.15) is 30.5 Å². The fourth-order valence-electron chi connectivity index (χ4n) is 2.97. The van der Waals surface area contributed by atoms with Gasteiger partial charge in [0.1, 0.15) is 31.2 Å². The molecule has 0 saturated heterocycles. The fraction of sp³-hybridized carbons (Fsp3) is 0.375. The molecule has 0 bridgehead atoms. The minimum absolute atomic E-state index is 0.582. The van der Waals surface area contributed by atoms with Gasteiger partial charge in [-0.1, -0.05) is 36.4 Å². The van der Waals surface area contributed by atoms with E-state index in [4.69, 9.17) is 14.3 Å². The summed E-state index contributed by atoms with van der Waals surface area (Å²) in [6.07, 6.45) is 8.02. The Morgan fingerprint density at radius 2 is 1.69 bits per heavy atom. The number of nitrogens with zero attached hydrogens (tertiary/aromatic N) is 1. The molecule has 0 N–H and O–H groups in total. The van der Waals surface area contributed by atoms with E-state index in [2.05, 4.69) is 56.4 Å². The molecule has 2 aromatic rings. The third-order valence-corrected chi connectivity index (χ3v) is 8.20. The normalized spacial score (nSPS) is 14.7. The van der Waals surface area contributed by atoms with E-state index in [9.17, 15) is 0 Å². The van der Waals surface area contributed by atoms with Crippen molar-refractivity contribution in [1.29, 1.82) is 0 Å². The standard InChI is InChI=1S/C24H33NO3S/c1-7-9-14-27-22-15-19(3)24(20(4)16-22)28-18-29(6,8-2)23-12-10-21(11-13-23)17-25-26-5/h7,9-13,15-17H,8,14,18H2,1-6H3/b9-7+,25-17?. The minimum Gasteiger partial charge on any atom is -0.490 e. The molecule has 158 valence electrons. The summed E-state index contributed by atoms with van der Waals surface area (Å²) in [5.41, 5.74) is 3.23. The summed E-state index contributed by atoms with van der Waals surface area (Å²) in [5, 5.41) is 3.82. The average molecular weight is 416 g/mol. The summed E-state index contributed by atoms with van der Waals surface area (Å²) in [6.45, 7) is 8.96. The molecule has 2 rings (SSSR count). The molecule has 0 heterocycles. The second kappa shape index (κ2) is 11.0. The monoisotopic (exact) mass is 415 g/mol. The van der Waals surface area contributed by atoms with Crippen LogP contribution in [0.2, 0.25) is 0 Å². The molecule has 0 amide bonds. The first-order valence-corrected chi connectivity index (χ1v) is 12.2. The predicted octanol–water partition coefficient (Wildman–Crippen LogP) is 6.09. The number of benzene rings is 2. The van der Waals surface area contributed by atoms with Gasteiger partial charge in [-0.25, -0.2) is 0 Å². The third-order valence-electron chi connectivity index (χ3n) is 4.87. The van der Waals surface area contributed by atoms with Crippen molar-refractivity contribution in [1.82, 2.24) is 0 Å². The van der Waals surface area contributed by atoms with Gasteiger partial charge in [-0.15, -0.1) is 0 Å². The summed E-state index contributed by atoms with van der Waals surface area (Å²) < 4.78 is 12.2. The highest BCUT2D eigenvalue weighted by Gasteiger charge is 2.21. The number of hydrogen-bond donors (Lipinski definition) is 0. The Hall–Kier alpha value is -2.40. The van der Waals surface area contributed by atoms with Gasteiger partial charge in [-0.2, -0.15) is 10.0 Å². The van der Waals surface area contributed by atoms with Crippen molar-refractivity contribution in [3.8, 4) is 11.5 Å². The molecule has 29 heavy (non-hydrogen) atoms. The second-order valence-electron chi connectivity index (χ2n) is 7.08. The highest BCUT2D eigenvalue weighted by Crippen LogP contribution is 2.52. The summed E-state index contributed by atoms with van der Waals surface area (Å²) in [5.74, 6) is 3.58. The first-order valence-electron chi connectivity index (χ1n) is 9.82. The Morgan fingerprint density at radius 3 is 2.24 bits per heavy atom. The van der Waals surface area contributed by atoms with Crippen molar-refractivity contribution in [3.63, 3.8) is 0 Å². The molecule has 2 aromatic carbocycles. The van der Waals surface area contributed by atoms with Gasteiger partial charge in [0.05, 0.1) is 6.21 Å². The summed E-state index contributed by atoms with van der Waals surface area (Å²) >= 11 is 0. The number of hydrogen-bond acceptors (Lipinski definition) is 4. The molecule has 0 aliphatic rings. The van der Waals surface area contributed by atoms with E-state index >= 15 is 0 Å². The van der Waals surface area contributed by atoms with Crippen LogP contribution in [-0.2, 0) is 4.84 Å². The Bertz CT molecular complexity index is 823. The molecular weight excluding hydrogens is 382 g/mol. The van der Waals surface area contributed by atoms with Crippen molar-refractivity contribution in [2.45, 2.75) is 32.6 Å². The van der Waals surface area contributed by atoms with Crippen LogP contribution in [0.4, 0.5) is 0 Å². The first-order chi connectivity index (χ1) is 13.9. The van der Waals surface area contributed by atoms with Crippen molar-refractivity contribution in [3.05, 3.63) is 65.2 Å². The maximum Gasteiger partial charge on any atom is 0.126 e. The van der Waals surface area contributed by atoms with E-state index in [0.29, 0.717) is 12.5 Å². The third kappa shape index (κ3) is 6.29. The molecule has 0 saturated carbocycles. The highest BCUT2D eigenvalue weighted by atomic mass is 32.3. The summed E-state index contributed by atoms with van der Waals surface area (Å²) in [7, 11) is 0.456. The summed E-state index contributed by atoms with van der Waals surface area (Å²) in [6, 6.07) is 12.6. The Balaban J connectivity index is 2.14. The van der Waals surface area contributed by atoms with Crippen LogP contribution in [0.25, 0.3) is 0 Å². The number of aryl methyl sites for hydroxylation is 2. The average Bonchev–Trinajstić information content (AvgIpc) is 2.72. The molecule has 5 heteroatoms. The van der Waals surface area contributed by atoms with Crippen LogP contribution in [0, 0.1) is 13.8 Å². The molecule has 0 aliphatic carbocycles. The van der Waals surface area contributed by atoms with Crippen molar-refractivity contribution in [2.24, 2.45) is 5.16 Å². The van der Waals surface area contributed by atoms with Crippen LogP contribution in [0.5, 0.6) is 11.5 Å². The number of oxime groups is 1. The number of rotatable bonds is 10. The van der Waals surface area contributed by atoms with Crippen molar-refractivity contribution in [2.75, 3.05) is 31.7 Å². The molecule has 1 atom stereocenters. The number of allylic oxidation sites excluding steroid dienone is 1. The van der Waals surface area contributed by atoms with Gasteiger partial charge < -0.3 is 14.3 Å². The quantitative estimate of drug-likeness (QED) is 0.268. The topological polar surface area (TPSA) is 40.0 Å². The molecule has 0 aliphatic heterocycles. The van der Waals surface area contributed by atoms with E-state index in [1.807, 2.05) is 31.2 Å². The molecule has 0 radical (unpaired) electrons. The van der Waals surface area contributed by atoms with E-state index < -0.39 is 10.0 Å². The zero-order valence-electron chi connectivity index (χ0n) is 18.4. The van der Waals surface area contributed by atoms with Gasteiger partial charge in [0.15, 0.2) is 0 Å². The second-order valence-corrected chi connectivity index (χ2v) is 10.9. The fourth-order valence-corrected chi connectivity index (χ4v) is 4.77. The van der Waals surface area contributed by atoms with Gasteiger partial charge in [0, 0.05) is 0 Å². The van der Waals surface area contributed by atoms with E-state index in [1.54, 1.807) is 13.3 Å². The molecule has 0 aromatic heterocycles. The molecule has 0 fully saturated rings. The lowest BCUT2D eigenvalue weighted by Gasteiger charge is -2.35. The highest BCUT2D eigenvalue weighted by molar-refractivity contribution is 8.33. The molecule has 4 nitrogen and oxygen atoms in total. The Labute approximate surface area is 176 Å². The van der Waals surface area contributed by atoms with Gasteiger partial charge >= 0.3 is 0 Å². The van der Waals surface area contributed by atoms with Crippen LogP contribution in [0.3, 0.4) is 0 Å². The zero-order valence-corrected chi connectivity index (χ0v) is 19.2. The molecule has 1 unspecified atom stereocenters. The van der Waals surface area contributed by atoms with Crippen molar-refractivity contribution >= 4 is 16.2 Å². The van der Waals surface area contributed by atoms with Crippen LogP contribution < -0.4 is 9.47 Å². The predicted molar refractivity (Wildman–Crippen MR) is 125 cm³/mol. The van der Waals surface area contributed by atoms with Crippen molar-refractivity contribution < 1.29 is 14.3 Å². The molecular formula is C24H33NO3S. The van der Waals surface area contributed by atoms with E-state index in [0.717, 1.165) is 33.9 Å². The lowest BCUT2D eigenvalue weighted by molar-refractivity contribution is 0.215. The van der Waals surface area contributed by atoms with E-state index in [-0.39, 0.29) is 0 Å². The van der Waals surface area contributed by atoms with Gasteiger partial charge in [0.25, 0.3) is 0 Å². The first kappa shape index (κ1) is 22.9. The van der Waals surface area contributed by atoms with E-state index in [1.165, 1.54) is 4.90 Å². The zero-order chi connectivity index (χ0) is 21.3. The molecule has 0 spiro atoms. The largest absolute Gasteiger partial charge is 0.490 e. The summed E-state index contributed by atoms with van der Waals surface area (Å²) in [4.78, 5) is 6.08. The lowest BCUT2D eigenvalue weighted by atomic mass is 10.1. The lowest BCUT2D eigenvalue weighted by Crippen LogP contribution is -2.13. The van der Waals surface area contributed by atoms with Crippen LogP contribution >= 0.6 is 10.0 Å². The van der Waals surface area contributed by atoms with Gasteiger partial charge in [0.2, 0.25) is 0 Å².